The van der Waals surface area contributed by atoms with Crippen LogP contribution in [0.25, 0.3) is 0 Å². The van der Waals surface area contributed by atoms with Crippen molar-refractivity contribution in [1.29, 1.82) is 0 Å². The van der Waals surface area contributed by atoms with E-state index in [0.717, 1.165) is 13.0 Å². The van der Waals surface area contributed by atoms with Crippen molar-refractivity contribution in [3.63, 3.8) is 0 Å². The van der Waals surface area contributed by atoms with Crippen LogP contribution in [0.15, 0.2) is 0 Å². The maximum absolute atomic E-state index is 5.52. The number of unbranched alkanes of at least 4 members (excludes halogenated alkanes) is 1. The first kappa shape index (κ1) is 7.03. The monoisotopic (exact) mass is 129 g/mol. The van der Waals surface area contributed by atoms with Crippen molar-refractivity contribution in [3.05, 3.63) is 0 Å². The van der Waals surface area contributed by atoms with Crippen molar-refractivity contribution in [2.45, 2.75) is 38.3 Å². The second-order valence-corrected chi connectivity index (χ2v) is 2.66. The van der Waals surface area contributed by atoms with Gasteiger partial charge in [0.05, 0.1) is 6.10 Å². The minimum Gasteiger partial charge on any atom is -0.377 e. The third-order valence-electron chi connectivity index (χ3n) is 1.61. The van der Waals surface area contributed by atoms with Crippen molar-refractivity contribution in [2.24, 2.45) is 5.73 Å². The summed E-state index contributed by atoms with van der Waals surface area (Å²) >= 11 is 0. The van der Waals surface area contributed by atoms with E-state index in [2.05, 4.69) is 6.92 Å². The highest BCUT2D eigenvalue weighted by Crippen LogP contribution is 2.22. The van der Waals surface area contributed by atoms with Gasteiger partial charge in [-0.1, -0.05) is 13.3 Å². The first-order valence-corrected chi connectivity index (χ1v) is 3.71. The molecule has 0 aliphatic heterocycles. The van der Waals surface area contributed by atoms with E-state index in [1.54, 1.807) is 0 Å². The summed E-state index contributed by atoms with van der Waals surface area (Å²) in [6.07, 6.45) is 3.85. The SMILES string of the molecule is CCCCO[C@@H]1C[C@H]1N. The maximum atomic E-state index is 5.52. The van der Waals surface area contributed by atoms with Gasteiger partial charge in [-0.3, -0.25) is 0 Å². The van der Waals surface area contributed by atoms with E-state index in [1.165, 1.54) is 12.8 Å². The van der Waals surface area contributed by atoms with Crippen molar-refractivity contribution >= 4 is 0 Å². The van der Waals surface area contributed by atoms with Crippen molar-refractivity contribution in [3.8, 4) is 0 Å². The molecule has 2 nitrogen and oxygen atoms in total. The zero-order valence-corrected chi connectivity index (χ0v) is 5.97. The average Bonchev–Trinajstić information content (AvgIpc) is 2.48. The molecule has 0 bridgehead atoms. The molecule has 2 N–H and O–H groups in total. The zero-order valence-electron chi connectivity index (χ0n) is 5.97. The molecule has 0 aromatic rings. The molecule has 2 atom stereocenters. The lowest BCUT2D eigenvalue weighted by molar-refractivity contribution is 0.113. The molecule has 1 aliphatic rings. The fourth-order valence-corrected chi connectivity index (χ4v) is 0.760. The second-order valence-electron chi connectivity index (χ2n) is 2.66. The Morgan fingerprint density at radius 2 is 2.33 bits per heavy atom. The molecule has 1 saturated carbocycles. The third-order valence-corrected chi connectivity index (χ3v) is 1.61. The normalized spacial score (nSPS) is 32.7. The van der Waals surface area contributed by atoms with Crippen LogP contribution < -0.4 is 5.73 Å². The summed E-state index contributed by atoms with van der Waals surface area (Å²) in [7, 11) is 0. The summed E-state index contributed by atoms with van der Waals surface area (Å²) in [5.41, 5.74) is 5.52. The van der Waals surface area contributed by atoms with Crippen LogP contribution in [0.1, 0.15) is 26.2 Å². The highest BCUT2D eigenvalue weighted by molar-refractivity contribution is 4.91. The lowest BCUT2D eigenvalue weighted by atomic mass is 10.4. The Balaban J connectivity index is 1.83. The van der Waals surface area contributed by atoms with E-state index >= 15 is 0 Å². The summed E-state index contributed by atoms with van der Waals surface area (Å²) in [5.74, 6) is 0. The molecule has 9 heavy (non-hydrogen) atoms. The Labute approximate surface area is 56.4 Å². The number of hydrogen-bond acceptors (Lipinski definition) is 2. The Kier molecular flexibility index (Phi) is 2.49. The molecular weight excluding hydrogens is 114 g/mol. The molecule has 0 aromatic heterocycles. The van der Waals surface area contributed by atoms with E-state index in [4.69, 9.17) is 10.5 Å². The van der Waals surface area contributed by atoms with E-state index < -0.39 is 0 Å². The molecule has 54 valence electrons. The minimum absolute atomic E-state index is 0.349. The Morgan fingerprint density at radius 3 is 2.78 bits per heavy atom. The van der Waals surface area contributed by atoms with Crippen LogP contribution in [0.2, 0.25) is 0 Å². The van der Waals surface area contributed by atoms with Crippen LogP contribution in [-0.2, 0) is 4.74 Å². The molecular formula is C7H15NO. The Hall–Kier alpha value is -0.0800. The summed E-state index contributed by atoms with van der Waals surface area (Å²) in [4.78, 5) is 0. The van der Waals surface area contributed by atoms with Crippen LogP contribution in [0.4, 0.5) is 0 Å². The van der Waals surface area contributed by atoms with Gasteiger partial charge in [-0.25, -0.2) is 0 Å². The molecule has 1 fully saturated rings. The molecule has 1 aliphatic carbocycles. The lowest BCUT2D eigenvalue weighted by Crippen LogP contribution is -2.08. The molecule has 0 radical (unpaired) electrons. The molecule has 0 aromatic carbocycles. The average molecular weight is 129 g/mol. The van der Waals surface area contributed by atoms with Crippen LogP contribution in [0.3, 0.4) is 0 Å². The molecule has 0 spiro atoms. The first-order valence-electron chi connectivity index (χ1n) is 3.71. The molecule has 0 unspecified atom stereocenters. The van der Waals surface area contributed by atoms with Crippen molar-refractivity contribution in [1.82, 2.24) is 0 Å². The lowest BCUT2D eigenvalue weighted by Gasteiger charge is -1.98. The van der Waals surface area contributed by atoms with Gasteiger partial charge in [-0.2, -0.15) is 0 Å². The maximum Gasteiger partial charge on any atom is 0.0742 e. The fourth-order valence-electron chi connectivity index (χ4n) is 0.760. The number of hydrogen-bond donors (Lipinski definition) is 1. The predicted molar refractivity (Wildman–Crippen MR) is 37.2 cm³/mol. The van der Waals surface area contributed by atoms with E-state index in [9.17, 15) is 0 Å². The van der Waals surface area contributed by atoms with Crippen LogP contribution in [-0.4, -0.2) is 18.8 Å². The summed E-state index contributed by atoms with van der Waals surface area (Å²) < 4.78 is 5.38. The number of rotatable bonds is 4. The third kappa shape index (κ3) is 2.33. The zero-order chi connectivity index (χ0) is 6.69. The van der Waals surface area contributed by atoms with Gasteiger partial charge in [-0.05, 0) is 12.8 Å². The number of nitrogens with two attached hydrogens (primary N) is 1. The van der Waals surface area contributed by atoms with Gasteiger partial charge in [0.2, 0.25) is 0 Å². The van der Waals surface area contributed by atoms with Gasteiger partial charge >= 0.3 is 0 Å². The molecule has 0 saturated heterocycles. The minimum atomic E-state index is 0.349. The molecule has 0 heterocycles. The molecule has 2 heteroatoms. The van der Waals surface area contributed by atoms with Crippen LogP contribution in [0.5, 0.6) is 0 Å². The Bertz CT molecular complexity index is 85.0. The summed E-state index contributed by atoms with van der Waals surface area (Å²) in [5, 5.41) is 0. The largest absolute Gasteiger partial charge is 0.377 e. The molecule has 0 amide bonds. The van der Waals surface area contributed by atoms with E-state index in [1.807, 2.05) is 0 Å². The predicted octanol–water partition coefficient (Wildman–Crippen LogP) is 0.903. The van der Waals surface area contributed by atoms with Crippen LogP contribution >= 0.6 is 0 Å². The van der Waals surface area contributed by atoms with Gasteiger partial charge in [-0.15, -0.1) is 0 Å². The van der Waals surface area contributed by atoms with Gasteiger partial charge in [0.15, 0.2) is 0 Å². The standard InChI is InChI=1S/C7H15NO/c1-2-3-4-9-7-5-6(7)8/h6-7H,2-5,8H2,1H3/t6-,7-/m1/s1. The summed E-state index contributed by atoms with van der Waals surface area (Å²) in [6, 6.07) is 0.349. The fraction of sp³-hybridized carbons (Fsp3) is 1.00. The van der Waals surface area contributed by atoms with Gasteiger partial charge in [0.1, 0.15) is 0 Å². The van der Waals surface area contributed by atoms with E-state index in [-0.39, 0.29) is 0 Å². The van der Waals surface area contributed by atoms with E-state index in [0.29, 0.717) is 12.1 Å². The molecule has 1 rings (SSSR count). The summed E-state index contributed by atoms with van der Waals surface area (Å²) in [6.45, 7) is 3.06. The van der Waals surface area contributed by atoms with Crippen molar-refractivity contribution in [2.75, 3.05) is 6.61 Å². The Morgan fingerprint density at radius 1 is 1.67 bits per heavy atom. The topological polar surface area (TPSA) is 35.2 Å². The van der Waals surface area contributed by atoms with Gasteiger partial charge < -0.3 is 10.5 Å². The van der Waals surface area contributed by atoms with Crippen molar-refractivity contribution < 1.29 is 4.74 Å². The second kappa shape index (κ2) is 3.18. The number of ether oxygens (including phenoxy) is 1. The van der Waals surface area contributed by atoms with Crippen LogP contribution in [0, 0.1) is 0 Å². The highest BCUT2D eigenvalue weighted by Gasteiger charge is 2.33. The first-order chi connectivity index (χ1) is 4.34. The van der Waals surface area contributed by atoms with Gasteiger partial charge in [0, 0.05) is 12.6 Å². The van der Waals surface area contributed by atoms with Gasteiger partial charge in [0.25, 0.3) is 0 Å². The smallest absolute Gasteiger partial charge is 0.0742 e. The highest BCUT2D eigenvalue weighted by atomic mass is 16.5. The quantitative estimate of drug-likeness (QED) is 0.572.